The van der Waals surface area contributed by atoms with E-state index in [0.717, 1.165) is 16.1 Å². The molecule has 0 bridgehead atoms. The van der Waals surface area contributed by atoms with Crippen LogP contribution in [0.2, 0.25) is 0 Å². The Hall–Kier alpha value is -1.22. The molecular formula is C13H11BrN2. The van der Waals surface area contributed by atoms with Gasteiger partial charge in [-0.25, -0.2) is 9.97 Å². The number of rotatable bonds is 2. The van der Waals surface area contributed by atoms with Crippen LogP contribution >= 0.6 is 15.9 Å². The number of halogens is 1. The molecule has 0 spiro atoms. The standard InChI is InChI=1S/C13H11BrN2/c14-12-6-10(9-1-2-9)5-11(7-12)13-3-4-15-8-16-13/h3-9H,1-2H2. The van der Waals surface area contributed by atoms with Crippen molar-refractivity contribution < 1.29 is 0 Å². The molecule has 16 heavy (non-hydrogen) atoms. The SMILES string of the molecule is Brc1cc(-c2ccncn2)cc(C2CC2)c1. The molecule has 0 unspecified atom stereocenters. The van der Waals surface area contributed by atoms with E-state index < -0.39 is 0 Å². The van der Waals surface area contributed by atoms with Gasteiger partial charge in [0.05, 0.1) is 5.69 Å². The first kappa shape index (κ1) is 9.97. The fourth-order valence-corrected chi connectivity index (χ4v) is 2.38. The van der Waals surface area contributed by atoms with Crippen LogP contribution in [0.5, 0.6) is 0 Å². The molecular weight excluding hydrogens is 264 g/mol. The van der Waals surface area contributed by atoms with E-state index in [1.807, 2.05) is 6.07 Å². The lowest BCUT2D eigenvalue weighted by Gasteiger charge is -2.05. The van der Waals surface area contributed by atoms with Crippen LogP contribution in [0.4, 0.5) is 0 Å². The predicted octanol–water partition coefficient (Wildman–Crippen LogP) is 3.78. The summed E-state index contributed by atoms with van der Waals surface area (Å²) in [7, 11) is 0. The van der Waals surface area contributed by atoms with Crippen molar-refractivity contribution in [3.63, 3.8) is 0 Å². The number of benzene rings is 1. The Balaban J connectivity index is 2.06. The van der Waals surface area contributed by atoms with Gasteiger partial charge in [0.1, 0.15) is 6.33 Å². The summed E-state index contributed by atoms with van der Waals surface area (Å²) in [5, 5.41) is 0. The molecule has 0 atom stereocenters. The molecule has 0 saturated heterocycles. The predicted molar refractivity (Wildman–Crippen MR) is 67.1 cm³/mol. The van der Waals surface area contributed by atoms with Gasteiger partial charge in [0.15, 0.2) is 0 Å². The second-order valence-corrected chi connectivity index (χ2v) is 5.06. The number of nitrogens with zero attached hydrogens (tertiary/aromatic N) is 2. The van der Waals surface area contributed by atoms with Crippen LogP contribution in [-0.4, -0.2) is 9.97 Å². The second kappa shape index (κ2) is 3.98. The minimum atomic E-state index is 0.762. The van der Waals surface area contributed by atoms with Gasteiger partial charge in [-0.05, 0) is 48.6 Å². The summed E-state index contributed by atoms with van der Waals surface area (Å²) in [5.74, 6) is 0.762. The van der Waals surface area contributed by atoms with Gasteiger partial charge in [-0.15, -0.1) is 0 Å². The maximum Gasteiger partial charge on any atom is 0.116 e. The lowest BCUT2D eigenvalue weighted by Crippen LogP contribution is -1.87. The molecule has 1 aromatic carbocycles. The zero-order chi connectivity index (χ0) is 11.0. The van der Waals surface area contributed by atoms with Gasteiger partial charge in [0.25, 0.3) is 0 Å². The third-order valence-corrected chi connectivity index (χ3v) is 3.30. The summed E-state index contributed by atoms with van der Waals surface area (Å²) in [6, 6.07) is 8.50. The number of hydrogen-bond acceptors (Lipinski definition) is 2. The minimum absolute atomic E-state index is 0.762. The van der Waals surface area contributed by atoms with Gasteiger partial charge in [0, 0.05) is 16.2 Å². The van der Waals surface area contributed by atoms with Crippen LogP contribution in [0.15, 0.2) is 41.3 Å². The van der Waals surface area contributed by atoms with E-state index >= 15 is 0 Å². The highest BCUT2D eigenvalue weighted by atomic mass is 79.9. The van der Waals surface area contributed by atoms with Crippen molar-refractivity contribution in [1.82, 2.24) is 9.97 Å². The highest BCUT2D eigenvalue weighted by Gasteiger charge is 2.24. The van der Waals surface area contributed by atoms with Crippen LogP contribution in [0.25, 0.3) is 11.3 Å². The molecule has 1 saturated carbocycles. The van der Waals surface area contributed by atoms with Crippen molar-refractivity contribution in [3.8, 4) is 11.3 Å². The van der Waals surface area contributed by atoms with E-state index in [1.165, 1.54) is 24.0 Å². The Bertz CT molecular complexity index is 507. The molecule has 0 N–H and O–H groups in total. The minimum Gasteiger partial charge on any atom is -0.245 e. The maximum absolute atomic E-state index is 4.28. The Labute approximate surface area is 103 Å². The summed E-state index contributed by atoms with van der Waals surface area (Å²) in [6.45, 7) is 0. The second-order valence-electron chi connectivity index (χ2n) is 4.14. The van der Waals surface area contributed by atoms with Crippen molar-refractivity contribution in [2.75, 3.05) is 0 Å². The summed E-state index contributed by atoms with van der Waals surface area (Å²) in [4.78, 5) is 8.22. The molecule has 0 radical (unpaired) electrons. The largest absolute Gasteiger partial charge is 0.245 e. The summed E-state index contributed by atoms with van der Waals surface area (Å²) >= 11 is 3.56. The average molecular weight is 275 g/mol. The highest BCUT2D eigenvalue weighted by Crippen LogP contribution is 2.42. The van der Waals surface area contributed by atoms with Crippen LogP contribution < -0.4 is 0 Å². The van der Waals surface area contributed by atoms with E-state index in [9.17, 15) is 0 Å². The van der Waals surface area contributed by atoms with Crippen molar-refractivity contribution in [2.24, 2.45) is 0 Å². The molecule has 0 amide bonds. The molecule has 3 heteroatoms. The Morgan fingerprint density at radius 2 is 2.06 bits per heavy atom. The average Bonchev–Trinajstić information content (AvgIpc) is 3.13. The summed E-state index contributed by atoms with van der Waals surface area (Å²) < 4.78 is 1.13. The van der Waals surface area contributed by atoms with Crippen LogP contribution in [-0.2, 0) is 0 Å². The van der Waals surface area contributed by atoms with Crippen molar-refractivity contribution in [1.29, 1.82) is 0 Å². The normalized spacial score (nSPS) is 15.1. The molecule has 0 aliphatic heterocycles. The van der Waals surface area contributed by atoms with E-state index in [4.69, 9.17) is 0 Å². The molecule has 2 aromatic rings. The third kappa shape index (κ3) is 2.00. The van der Waals surface area contributed by atoms with Crippen molar-refractivity contribution >= 4 is 15.9 Å². The highest BCUT2D eigenvalue weighted by molar-refractivity contribution is 9.10. The lowest BCUT2D eigenvalue weighted by atomic mass is 10.1. The molecule has 1 heterocycles. The van der Waals surface area contributed by atoms with E-state index in [2.05, 4.69) is 44.1 Å². The van der Waals surface area contributed by atoms with Gasteiger partial charge in [-0.1, -0.05) is 15.9 Å². The fraction of sp³-hybridized carbons (Fsp3) is 0.231. The lowest BCUT2D eigenvalue weighted by molar-refractivity contribution is 1.12. The molecule has 1 fully saturated rings. The first-order valence-corrected chi connectivity index (χ1v) is 6.19. The smallest absolute Gasteiger partial charge is 0.116 e. The Morgan fingerprint density at radius 3 is 2.75 bits per heavy atom. The third-order valence-electron chi connectivity index (χ3n) is 2.85. The van der Waals surface area contributed by atoms with Crippen molar-refractivity contribution in [3.05, 3.63) is 46.8 Å². The quantitative estimate of drug-likeness (QED) is 0.833. The van der Waals surface area contributed by atoms with Crippen molar-refractivity contribution in [2.45, 2.75) is 18.8 Å². The summed E-state index contributed by atoms with van der Waals surface area (Å²) in [6.07, 6.45) is 6.01. The van der Waals surface area contributed by atoms with Gasteiger partial charge < -0.3 is 0 Å². The first-order valence-electron chi connectivity index (χ1n) is 5.40. The van der Waals surface area contributed by atoms with Crippen LogP contribution in [0.1, 0.15) is 24.3 Å². The summed E-state index contributed by atoms with van der Waals surface area (Å²) in [5.41, 5.74) is 3.57. The Morgan fingerprint density at radius 1 is 1.19 bits per heavy atom. The molecule has 2 nitrogen and oxygen atoms in total. The number of hydrogen-bond donors (Lipinski definition) is 0. The zero-order valence-corrected chi connectivity index (χ0v) is 10.3. The first-order chi connectivity index (χ1) is 7.83. The molecule has 1 aliphatic rings. The van der Waals surface area contributed by atoms with E-state index in [0.29, 0.717) is 0 Å². The monoisotopic (exact) mass is 274 g/mol. The van der Waals surface area contributed by atoms with Gasteiger partial charge in [-0.3, -0.25) is 0 Å². The maximum atomic E-state index is 4.28. The van der Waals surface area contributed by atoms with E-state index in [1.54, 1.807) is 12.5 Å². The molecule has 1 aromatic heterocycles. The molecule has 3 rings (SSSR count). The van der Waals surface area contributed by atoms with Gasteiger partial charge >= 0.3 is 0 Å². The molecule has 1 aliphatic carbocycles. The van der Waals surface area contributed by atoms with E-state index in [-0.39, 0.29) is 0 Å². The Kier molecular flexibility index (Phi) is 2.48. The van der Waals surface area contributed by atoms with Crippen LogP contribution in [0.3, 0.4) is 0 Å². The topological polar surface area (TPSA) is 25.8 Å². The number of aromatic nitrogens is 2. The molecule has 80 valence electrons. The van der Waals surface area contributed by atoms with Gasteiger partial charge in [-0.2, -0.15) is 0 Å². The fourth-order valence-electron chi connectivity index (χ4n) is 1.87. The van der Waals surface area contributed by atoms with Crippen LogP contribution in [0, 0.1) is 0 Å². The zero-order valence-electron chi connectivity index (χ0n) is 8.73. The van der Waals surface area contributed by atoms with Gasteiger partial charge in [0.2, 0.25) is 0 Å².